The second kappa shape index (κ2) is 8.02. The van der Waals surface area contributed by atoms with Crippen LogP contribution in [0.3, 0.4) is 0 Å². The number of carbonyl (C=O) groups excluding carboxylic acids is 1. The smallest absolute Gasteiger partial charge is 0.311 e. The molecule has 1 heterocycles. The molecular weight excluding hydrogens is 382 g/mol. The Morgan fingerprint density at radius 3 is 2.52 bits per heavy atom. The Balaban J connectivity index is 1.76. The third-order valence-corrected chi connectivity index (χ3v) is 5.20. The highest BCUT2D eigenvalue weighted by Crippen LogP contribution is 2.35. The van der Waals surface area contributed by atoms with Gasteiger partial charge in [-0.05, 0) is 52.3 Å². The molecule has 1 fully saturated rings. The Hall–Kier alpha value is -1.85. The zero-order valence-electron chi connectivity index (χ0n) is 14.3. The molecule has 2 aromatic rings. The van der Waals surface area contributed by atoms with Gasteiger partial charge in [-0.2, -0.15) is 0 Å². The lowest BCUT2D eigenvalue weighted by atomic mass is 9.84. The topological polar surface area (TPSA) is 47.6 Å². The van der Waals surface area contributed by atoms with Crippen LogP contribution in [0.15, 0.2) is 53.0 Å². The van der Waals surface area contributed by atoms with Crippen LogP contribution in [0, 0.1) is 0 Å². The van der Waals surface area contributed by atoms with Crippen LogP contribution in [0.2, 0.25) is 0 Å². The van der Waals surface area contributed by atoms with Gasteiger partial charge in [0.15, 0.2) is 0 Å². The van der Waals surface area contributed by atoms with Crippen molar-refractivity contribution in [1.29, 1.82) is 0 Å². The summed E-state index contributed by atoms with van der Waals surface area (Å²) in [7, 11) is 1.62. The van der Waals surface area contributed by atoms with Crippen LogP contribution < -0.4 is 10.1 Å². The van der Waals surface area contributed by atoms with E-state index >= 15 is 0 Å². The van der Waals surface area contributed by atoms with E-state index in [1.54, 1.807) is 7.11 Å². The zero-order chi connectivity index (χ0) is 17.7. The number of nitrogens with one attached hydrogen (secondary N) is 1. The van der Waals surface area contributed by atoms with E-state index in [1.807, 2.05) is 48.5 Å². The van der Waals surface area contributed by atoms with E-state index in [4.69, 9.17) is 9.47 Å². The predicted octanol–water partition coefficient (Wildman–Crippen LogP) is 3.82. The summed E-state index contributed by atoms with van der Waals surface area (Å²) in [6.45, 7) is 1.69. The normalized spacial score (nSPS) is 16.2. The number of halogens is 1. The van der Waals surface area contributed by atoms with Gasteiger partial charge >= 0.3 is 5.97 Å². The Morgan fingerprint density at radius 1 is 1.16 bits per heavy atom. The third-order valence-electron chi connectivity index (χ3n) is 4.58. The molecule has 1 N–H and O–H groups in total. The predicted molar refractivity (Wildman–Crippen MR) is 101 cm³/mol. The van der Waals surface area contributed by atoms with E-state index in [2.05, 4.69) is 21.2 Å². The number of hydrogen-bond acceptors (Lipinski definition) is 4. The van der Waals surface area contributed by atoms with Crippen molar-refractivity contribution >= 4 is 21.9 Å². The number of methoxy groups -OCH3 is 1. The van der Waals surface area contributed by atoms with Crippen molar-refractivity contribution in [2.24, 2.45) is 0 Å². The van der Waals surface area contributed by atoms with E-state index in [-0.39, 0.29) is 12.4 Å². The fourth-order valence-electron chi connectivity index (χ4n) is 3.26. The Morgan fingerprint density at radius 2 is 1.88 bits per heavy atom. The van der Waals surface area contributed by atoms with Gasteiger partial charge < -0.3 is 14.8 Å². The maximum absolute atomic E-state index is 12.6. The van der Waals surface area contributed by atoms with E-state index in [9.17, 15) is 4.79 Å². The van der Waals surface area contributed by atoms with Crippen LogP contribution in [0.1, 0.15) is 24.0 Å². The molecule has 0 aliphatic carbocycles. The summed E-state index contributed by atoms with van der Waals surface area (Å²) >= 11 is 3.46. The summed E-state index contributed by atoms with van der Waals surface area (Å²) in [5.74, 6) is 0.541. The fourth-order valence-corrected chi connectivity index (χ4v) is 3.85. The van der Waals surface area contributed by atoms with Gasteiger partial charge in [0.25, 0.3) is 0 Å². The molecule has 0 unspecified atom stereocenters. The van der Waals surface area contributed by atoms with Crippen LogP contribution in [0.4, 0.5) is 0 Å². The van der Waals surface area contributed by atoms with Crippen molar-refractivity contribution in [3.05, 3.63) is 64.1 Å². The standard InChI is InChI=1S/C20H22BrNO3/c1-24-18-8-7-15(13-17(18)21)14-19(23)25-20(9-11-22-12-10-20)16-5-3-2-4-6-16/h2-8,13,22H,9-12,14H2,1H3. The van der Waals surface area contributed by atoms with Gasteiger partial charge in [0, 0.05) is 12.8 Å². The lowest BCUT2D eigenvalue weighted by molar-refractivity contribution is -0.163. The summed E-state index contributed by atoms with van der Waals surface area (Å²) in [4.78, 5) is 12.6. The summed E-state index contributed by atoms with van der Waals surface area (Å²) in [5, 5.41) is 3.34. The zero-order valence-corrected chi connectivity index (χ0v) is 15.8. The van der Waals surface area contributed by atoms with Crippen molar-refractivity contribution < 1.29 is 14.3 Å². The molecule has 0 aromatic heterocycles. The van der Waals surface area contributed by atoms with Crippen LogP contribution in [0.5, 0.6) is 5.75 Å². The van der Waals surface area contributed by atoms with Gasteiger partial charge in [0.1, 0.15) is 11.4 Å². The van der Waals surface area contributed by atoms with Crippen LogP contribution in [-0.2, 0) is 21.6 Å². The van der Waals surface area contributed by atoms with Gasteiger partial charge in [0.05, 0.1) is 18.0 Å². The average Bonchev–Trinajstić information content (AvgIpc) is 2.63. The van der Waals surface area contributed by atoms with Gasteiger partial charge in [0.2, 0.25) is 0 Å². The molecule has 2 aromatic carbocycles. The van der Waals surface area contributed by atoms with Crippen molar-refractivity contribution in [2.75, 3.05) is 20.2 Å². The minimum absolute atomic E-state index is 0.206. The van der Waals surface area contributed by atoms with Gasteiger partial charge in [-0.25, -0.2) is 0 Å². The summed E-state index contributed by atoms with van der Waals surface area (Å²) in [6.07, 6.45) is 1.81. The van der Waals surface area contributed by atoms with Crippen LogP contribution >= 0.6 is 15.9 Å². The molecule has 5 heteroatoms. The Bertz CT molecular complexity index is 727. The van der Waals surface area contributed by atoms with Gasteiger partial charge in [-0.3, -0.25) is 4.79 Å². The summed E-state index contributed by atoms with van der Waals surface area (Å²) in [6, 6.07) is 15.7. The molecule has 25 heavy (non-hydrogen) atoms. The highest BCUT2D eigenvalue weighted by atomic mass is 79.9. The van der Waals surface area contributed by atoms with Crippen molar-refractivity contribution in [3.8, 4) is 5.75 Å². The molecule has 0 radical (unpaired) electrons. The first-order chi connectivity index (χ1) is 12.1. The molecule has 4 nitrogen and oxygen atoms in total. The lowest BCUT2D eigenvalue weighted by Gasteiger charge is -2.37. The minimum Gasteiger partial charge on any atom is -0.496 e. The molecule has 0 spiro atoms. The lowest BCUT2D eigenvalue weighted by Crippen LogP contribution is -2.43. The molecular formula is C20H22BrNO3. The van der Waals surface area contributed by atoms with Crippen LogP contribution in [-0.4, -0.2) is 26.2 Å². The average molecular weight is 404 g/mol. The number of benzene rings is 2. The first-order valence-electron chi connectivity index (χ1n) is 8.43. The summed E-state index contributed by atoms with van der Waals surface area (Å²) in [5.41, 5.74) is 1.43. The van der Waals surface area contributed by atoms with Gasteiger partial charge in [-0.15, -0.1) is 0 Å². The molecule has 1 saturated heterocycles. The quantitative estimate of drug-likeness (QED) is 0.770. The maximum Gasteiger partial charge on any atom is 0.311 e. The molecule has 0 amide bonds. The second-order valence-electron chi connectivity index (χ2n) is 6.23. The van der Waals surface area contributed by atoms with E-state index < -0.39 is 5.60 Å². The number of ether oxygens (including phenoxy) is 2. The van der Waals surface area contributed by atoms with E-state index in [0.29, 0.717) is 0 Å². The Kier molecular flexibility index (Phi) is 5.76. The van der Waals surface area contributed by atoms with E-state index in [1.165, 1.54) is 0 Å². The van der Waals surface area contributed by atoms with Crippen molar-refractivity contribution in [3.63, 3.8) is 0 Å². The fraction of sp³-hybridized carbons (Fsp3) is 0.350. The number of hydrogen-bond donors (Lipinski definition) is 1. The monoisotopic (exact) mass is 403 g/mol. The third kappa shape index (κ3) is 4.22. The largest absolute Gasteiger partial charge is 0.496 e. The van der Waals surface area contributed by atoms with Gasteiger partial charge in [-0.1, -0.05) is 36.4 Å². The number of carbonyl (C=O) groups is 1. The number of rotatable bonds is 5. The molecule has 3 rings (SSSR count). The van der Waals surface area contributed by atoms with E-state index in [0.717, 1.165) is 47.3 Å². The first-order valence-corrected chi connectivity index (χ1v) is 9.23. The molecule has 0 saturated carbocycles. The SMILES string of the molecule is COc1ccc(CC(=O)OC2(c3ccccc3)CCNCC2)cc1Br. The molecule has 1 aliphatic heterocycles. The van der Waals surface area contributed by atoms with Crippen molar-refractivity contribution in [2.45, 2.75) is 24.9 Å². The molecule has 0 atom stereocenters. The second-order valence-corrected chi connectivity index (χ2v) is 7.08. The molecule has 1 aliphatic rings. The molecule has 0 bridgehead atoms. The van der Waals surface area contributed by atoms with Crippen LogP contribution in [0.25, 0.3) is 0 Å². The number of piperidine rings is 1. The summed E-state index contributed by atoms with van der Waals surface area (Å²) < 4.78 is 12.1. The highest BCUT2D eigenvalue weighted by molar-refractivity contribution is 9.10. The minimum atomic E-state index is -0.534. The molecule has 132 valence electrons. The van der Waals surface area contributed by atoms with Crippen molar-refractivity contribution in [1.82, 2.24) is 5.32 Å². The Labute approximate surface area is 156 Å². The number of esters is 1. The maximum atomic E-state index is 12.6. The first kappa shape index (κ1) is 18.0. The highest BCUT2D eigenvalue weighted by Gasteiger charge is 2.37.